The summed E-state index contributed by atoms with van der Waals surface area (Å²) in [6, 6.07) is 8.09. The monoisotopic (exact) mass is 344 g/mol. The molecule has 0 spiro atoms. The number of amides is 1. The molecule has 1 amide bonds. The third kappa shape index (κ3) is 3.56. The highest BCUT2D eigenvalue weighted by Crippen LogP contribution is 2.41. The van der Waals surface area contributed by atoms with Gasteiger partial charge in [-0.25, -0.2) is 0 Å². The van der Waals surface area contributed by atoms with E-state index in [9.17, 15) is 14.7 Å². The van der Waals surface area contributed by atoms with Gasteiger partial charge in [-0.3, -0.25) is 4.79 Å². The number of fused-ring (bicyclic) bond motifs is 1. The Kier molecular flexibility index (Phi) is 4.62. The van der Waals surface area contributed by atoms with E-state index in [1.54, 1.807) is 0 Å². The molecule has 5 heteroatoms. The zero-order chi connectivity index (χ0) is 18.2. The van der Waals surface area contributed by atoms with E-state index in [1.807, 2.05) is 36.2 Å². The lowest BCUT2D eigenvalue weighted by molar-refractivity contribution is -0.895. The molecule has 136 valence electrons. The molecule has 1 heterocycles. The summed E-state index contributed by atoms with van der Waals surface area (Å²) in [7, 11) is 6.27. The average molecular weight is 344 g/mol. The molecule has 0 saturated carbocycles. The smallest absolute Gasteiger partial charge is 0.229 e. The first-order valence-electron chi connectivity index (χ1n) is 9.08. The van der Waals surface area contributed by atoms with Gasteiger partial charge in [-0.1, -0.05) is 24.3 Å². The highest BCUT2D eigenvalue weighted by molar-refractivity contribution is 5.88. The van der Waals surface area contributed by atoms with Crippen LogP contribution in [0.4, 0.5) is 0 Å². The van der Waals surface area contributed by atoms with Crippen molar-refractivity contribution in [1.82, 2.24) is 4.90 Å². The molecule has 3 rings (SSSR count). The highest BCUT2D eigenvalue weighted by Gasteiger charge is 2.46. The molecule has 2 aliphatic rings. The van der Waals surface area contributed by atoms with Crippen LogP contribution in [0.3, 0.4) is 0 Å². The minimum Gasteiger partial charge on any atom is -0.550 e. The van der Waals surface area contributed by atoms with Gasteiger partial charge < -0.3 is 19.3 Å². The average Bonchev–Trinajstić information content (AvgIpc) is 2.91. The fraction of sp³-hybridized carbons (Fsp3) is 0.600. The van der Waals surface area contributed by atoms with E-state index < -0.39 is 11.4 Å². The lowest BCUT2D eigenvalue weighted by Gasteiger charge is -2.42. The Bertz CT molecular complexity index is 648. The number of benzene rings is 1. The second kappa shape index (κ2) is 6.45. The molecular formula is C20H28N2O3. The van der Waals surface area contributed by atoms with Crippen LogP contribution in [-0.2, 0) is 22.4 Å². The quantitative estimate of drug-likeness (QED) is 0.752. The van der Waals surface area contributed by atoms with Gasteiger partial charge in [-0.05, 0) is 24.0 Å². The molecule has 1 aliphatic heterocycles. The van der Waals surface area contributed by atoms with Crippen molar-refractivity contribution in [1.29, 1.82) is 0 Å². The number of nitrogens with zero attached hydrogens (tertiary/aromatic N) is 2. The van der Waals surface area contributed by atoms with Crippen LogP contribution in [0.5, 0.6) is 0 Å². The second-order valence-electron chi connectivity index (χ2n) is 8.48. The minimum atomic E-state index is -1.14. The van der Waals surface area contributed by atoms with Crippen molar-refractivity contribution in [3.05, 3.63) is 35.4 Å². The first kappa shape index (κ1) is 17.9. The molecule has 0 aromatic heterocycles. The van der Waals surface area contributed by atoms with Crippen LogP contribution < -0.4 is 5.11 Å². The summed E-state index contributed by atoms with van der Waals surface area (Å²) in [5.74, 6) is -1.18. The second-order valence-corrected chi connectivity index (χ2v) is 8.48. The number of hydrogen-bond acceptors (Lipinski definition) is 3. The summed E-state index contributed by atoms with van der Waals surface area (Å²) >= 11 is 0. The van der Waals surface area contributed by atoms with Crippen molar-refractivity contribution in [2.45, 2.75) is 38.1 Å². The molecule has 1 aromatic rings. The molecule has 1 saturated heterocycles. The lowest BCUT2D eigenvalue weighted by Crippen LogP contribution is -2.55. The van der Waals surface area contributed by atoms with Gasteiger partial charge >= 0.3 is 0 Å². The molecule has 5 nitrogen and oxygen atoms in total. The summed E-state index contributed by atoms with van der Waals surface area (Å²) in [4.78, 5) is 26.6. The number of carbonyl (C=O) groups is 2. The van der Waals surface area contributed by atoms with Crippen LogP contribution in [-0.4, -0.2) is 61.5 Å². The van der Waals surface area contributed by atoms with E-state index in [1.165, 1.54) is 0 Å². The number of rotatable bonds is 4. The maximum Gasteiger partial charge on any atom is 0.229 e. The van der Waals surface area contributed by atoms with E-state index in [0.717, 1.165) is 41.5 Å². The topological polar surface area (TPSA) is 60.4 Å². The van der Waals surface area contributed by atoms with Gasteiger partial charge in [0.05, 0.1) is 32.6 Å². The number of quaternary nitrogens is 1. The number of carbonyl (C=O) groups excluding carboxylic acids is 2. The number of aliphatic carboxylic acids is 1. The summed E-state index contributed by atoms with van der Waals surface area (Å²) in [6.07, 6.45) is 2.70. The zero-order valence-electron chi connectivity index (χ0n) is 15.5. The van der Waals surface area contributed by atoms with Crippen LogP contribution >= 0.6 is 0 Å². The molecular weight excluding hydrogens is 316 g/mol. The molecule has 0 atom stereocenters. The van der Waals surface area contributed by atoms with Gasteiger partial charge in [-0.15, -0.1) is 0 Å². The summed E-state index contributed by atoms with van der Waals surface area (Å²) in [6.45, 7) is 2.08. The highest BCUT2D eigenvalue weighted by atomic mass is 16.4. The van der Waals surface area contributed by atoms with Crippen molar-refractivity contribution >= 4 is 11.9 Å². The summed E-state index contributed by atoms with van der Waals surface area (Å²) in [5, 5.41) is 11.4. The van der Waals surface area contributed by atoms with Gasteiger partial charge in [0.2, 0.25) is 5.91 Å². The minimum absolute atomic E-state index is 0.0369. The van der Waals surface area contributed by atoms with Crippen molar-refractivity contribution in [3.63, 3.8) is 0 Å². The van der Waals surface area contributed by atoms with E-state index in [2.05, 4.69) is 14.1 Å². The first-order valence-corrected chi connectivity index (χ1v) is 9.08. The summed E-state index contributed by atoms with van der Waals surface area (Å²) in [5.41, 5.74) is 1.29. The predicted octanol–water partition coefficient (Wildman–Crippen LogP) is 0.609. The maximum atomic E-state index is 13.4. The molecule has 1 fully saturated rings. The van der Waals surface area contributed by atoms with Gasteiger partial charge in [0, 0.05) is 38.3 Å². The predicted molar refractivity (Wildman–Crippen MR) is 93.5 cm³/mol. The molecule has 1 aromatic carbocycles. The van der Waals surface area contributed by atoms with Crippen molar-refractivity contribution in [2.75, 3.05) is 34.2 Å². The number of carboxylic acid groups (broad SMARTS) is 1. The van der Waals surface area contributed by atoms with E-state index >= 15 is 0 Å². The standard InChI is InChI=1S/C20H28N2O3/c1-21(17-8-10-22(2,3)11-9-17)19(25)20(14-18(23)24)12-15-6-4-5-7-16(15)13-20/h4-7,17H,8-14H2,1-3H3. The van der Waals surface area contributed by atoms with Gasteiger partial charge in [0.25, 0.3) is 0 Å². The number of carboxylic acids is 1. The maximum absolute atomic E-state index is 13.4. The molecule has 0 unspecified atom stereocenters. The number of hydrogen-bond donors (Lipinski definition) is 0. The Morgan fingerprint density at radius 3 is 2.16 bits per heavy atom. The SMILES string of the molecule is CN(C(=O)C1(CC(=O)[O-])Cc2ccccc2C1)C1CC[N+](C)(C)CC1. The zero-order valence-corrected chi connectivity index (χ0v) is 15.5. The summed E-state index contributed by atoms with van der Waals surface area (Å²) < 4.78 is 0.980. The molecule has 0 radical (unpaired) electrons. The number of likely N-dealkylation sites (tertiary alicyclic amines) is 1. The van der Waals surface area contributed by atoms with Crippen molar-refractivity contribution in [3.8, 4) is 0 Å². The third-order valence-electron chi connectivity index (χ3n) is 6.12. The van der Waals surface area contributed by atoms with Gasteiger partial charge in [0.1, 0.15) is 0 Å². The number of piperidine rings is 1. The fourth-order valence-corrected chi connectivity index (χ4v) is 4.50. The van der Waals surface area contributed by atoms with E-state index in [4.69, 9.17) is 0 Å². The van der Waals surface area contributed by atoms with E-state index in [0.29, 0.717) is 12.8 Å². The van der Waals surface area contributed by atoms with Crippen LogP contribution in [0.25, 0.3) is 0 Å². The first-order chi connectivity index (χ1) is 11.7. The van der Waals surface area contributed by atoms with Crippen molar-refractivity contribution in [2.24, 2.45) is 5.41 Å². The molecule has 0 N–H and O–H groups in total. The fourth-order valence-electron chi connectivity index (χ4n) is 4.50. The van der Waals surface area contributed by atoms with Crippen molar-refractivity contribution < 1.29 is 19.2 Å². The van der Waals surface area contributed by atoms with Crippen LogP contribution in [0.2, 0.25) is 0 Å². The van der Waals surface area contributed by atoms with Crippen LogP contribution in [0.1, 0.15) is 30.4 Å². The Morgan fingerprint density at radius 2 is 1.68 bits per heavy atom. The molecule has 0 bridgehead atoms. The molecule has 1 aliphatic carbocycles. The normalized spacial score (nSPS) is 21.6. The largest absolute Gasteiger partial charge is 0.550 e. The third-order valence-corrected chi connectivity index (χ3v) is 6.12. The Balaban J connectivity index is 1.80. The van der Waals surface area contributed by atoms with Gasteiger partial charge in [-0.2, -0.15) is 0 Å². The van der Waals surface area contributed by atoms with Gasteiger partial charge in [0.15, 0.2) is 0 Å². The van der Waals surface area contributed by atoms with Crippen LogP contribution in [0, 0.1) is 5.41 Å². The van der Waals surface area contributed by atoms with Crippen LogP contribution in [0.15, 0.2) is 24.3 Å². The lowest BCUT2D eigenvalue weighted by atomic mass is 9.79. The Morgan fingerprint density at radius 1 is 1.16 bits per heavy atom. The Hall–Kier alpha value is -1.88. The Labute approximate surface area is 149 Å². The molecule has 25 heavy (non-hydrogen) atoms. The van der Waals surface area contributed by atoms with E-state index in [-0.39, 0.29) is 18.4 Å².